The minimum absolute atomic E-state index is 0.0259. The highest BCUT2D eigenvalue weighted by Crippen LogP contribution is 2.33. The summed E-state index contributed by atoms with van der Waals surface area (Å²) in [6.45, 7) is 3.10. The number of aromatic nitrogens is 5. The first kappa shape index (κ1) is 18.7. The smallest absolute Gasteiger partial charge is 0.223 e. The van der Waals surface area contributed by atoms with Crippen molar-refractivity contribution < 1.29 is 13.6 Å². The highest BCUT2D eigenvalue weighted by Gasteiger charge is 2.23. The number of thiazole rings is 1. The number of benzene rings is 1. The van der Waals surface area contributed by atoms with Crippen LogP contribution in [0.15, 0.2) is 24.3 Å². The number of amides is 1. The molecule has 0 spiro atoms. The number of fused-ring (bicyclic) bond motifs is 1. The number of hydrogen-bond donors (Lipinski definition) is 1. The monoisotopic (exact) mass is 426 g/mol. The zero-order valence-corrected chi connectivity index (χ0v) is 16.8. The van der Waals surface area contributed by atoms with Crippen LogP contribution in [0.5, 0.6) is 0 Å². The lowest BCUT2D eigenvalue weighted by atomic mass is 10.1. The molecule has 0 bridgehead atoms. The SMILES string of the molecule is Cc1nc(CN2CCCC2=O)sc1-c1cccc(-c2cc(F)c3nn[nH]c3c2F)n1. The summed E-state index contributed by atoms with van der Waals surface area (Å²) >= 11 is 1.46. The molecule has 1 aliphatic rings. The van der Waals surface area contributed by atoms with E-state index < -0.39 is 11.6 Å². The van der Waals surface area contributed by atoms with E-state index in [1.165, 1.54) is 11.3 Å². The fourth-order valence-electron chi connectivity index (χ4n) is 3.63. The topological polar surface area (TPSA) is 87.7 Å². The first-order valence-corrected chi connectivity index (χ1v) is 10.2. The average molecular weight is 426 g/mol. The number of pyridine rings is 1. The number of aryl methyl sites for hydroxylation is 1. The van der Waals surface area contributed by atoms with Gasteiger partial charge in [0.25, 0.3) is 0 Å². The van der Waals surface area contributed by atoms with E-state index in [0.717, 1.165) is 34.6 Å². The summed E-state index contributed by atoms with van der Waals surface area (Å²) in [7, 11) is 0. The molecule has 1 aromatic carbocycles. The largest absolute Gasteiger partial charge is 0.336 e. The molecule has 3 aromatic heterocycles. The Bertz CT molecular complexity index is 1280. The Morgan fingerprint density at radius 1 is 1.23 bits per heavy atom. The average Bonchev–Trinajstić information content (AvgIpc) is 3.46. The molecule has 1 saturated heterocycles. The van der Waals surface area contributed by atoms with Crippen LogP contribution in [0.25, 0.3) is 32.9 Å². The maximum absolute atomic E-state index is 14.9. The maximum Gasteiger partial charge on any atom is 0.223 e. The van der Waals surface area contributed by atoms with Crippen LogP contribution in [-0.4, -0.2) is 42.7 Å². The second-order valence-corrected chi connectivity index (χ2v) is 8.19. The molecule has 0 radical (unpaired) electrons. The Morgan fingerprint density at radius 3 is 2.87 bits per heavy atom. The van der Waals surface area contributed by atoms with Crippen molar-refractivity contribution in [2.45, 2.75) is 26.3 Å². The van der Waals surface area contributed by atoms with E-state index >= 15 is 0 Å². The van der Waals surface area contributed by atoms with Gasteiger partial charge in [-0.3, -0.25) is 9.89 Å². The van der Waals surface area contributed by atoms with Gasteiger partial charge in [0.1, 0.15) is 10.5 Å². The van der Waals surface area contributed by atoms with Crippen molar-refractivity contribution in [2.24, 2.45) is 0 Å². The summed E-state index contributed by atoms with van der Waals surface area (Å²) in [5.41, 5.74) is 1.48. The number of nitrogens with one attached hydrogen (secondary N) is 1. The van der Waals surface area contributed by atoms with Crippen LogP contribution in [0.3, 0.4) is 0 Å². The number of rotatable bonds is 4. The lowest BCUT2D eigenvalue weighted by Crippen LogP contribution is -2.23. The summed E-state index contributed by atoms with van der Waals surface area (Å²) in [4.78, 5) is 23.7. The van der Waals surface area contributed by atoms with Crippen LogP contribution < -0.4 is 0 Å². The van der Waals surface area contributed by atoms with E-state index in [2.05, 4.69) is 25.4 Å². The summed E-state index contributed by atoms with van der Waals surface area (Å²) in [5, 5.41) is 10.3. The van der Waals surface area contributed by atoms with E-state index in [9.17, 15) is 13.6 Å². The van der Waals surface area contributed by atoms with Gasteiger partial charge in [-0.2, -0.15) is 0 Å². The van der Waals surface area contributed by atoms with Crippen molar-refractivity contribution >= 4 is 28.3 Å². The fourth-order valence-corrected chi connectivity index (χ4v) is 4.68. The zero-order valence-electron chi connectivity index (χ0n) is 15.9. The van der Waals surface area contributed by atoms with E-state index in [-0.39, 0.29) is 22.5 Å². The van der Waals surface area contributed by atoms with Gasteiger partial charge in [-0.25, -0.2) is 18.7 Å². The minimum atomic E-state index is -0.672. The molecule has 0 aliphatic carbocycles. The van der Waals surface area contributed by atoms with Crippen LogP contribution in [0.4, 0.5) is 8.78 Å². The Hall–Kier alpha value is -3.27. The van der Waals surface area contributed by atoms with Gasteiger partial charge >= 0.3 is 0 Å². The quantitative estimate of drug-likeness (QED) is 0.536. The van der Waals surface area contributed by atoms with Gasteiger partial charge in [0.05, 0.1) is 28.5 Å². The van der Waals surface area contributed by atoms with Crippen LogP contribution in [0.2, 0.25) is 0 Å². The molecule has 1 amide bonds. The van der Waals surface area contributed by atoms with Gasteiger partial charge in [0.2, 0.25) is 5.91 Å². The van der Waals surface area contributed by atoms with Crippen LogP contribution in [0, 0.1) is 18.6 Å². The second-order valence-electron chi connectivity index (χ2n) is 7.10. The molecule has 0 atom stereocenters. The normalized spacial score (nSPS) is 14.2. The molecular weight excluding hydrogens is 410 g/mol. The second kappa shape index (κ2) is 7.21. The number of likely N-dealkylation sites (tertiary alicyclic amines) is 1. The molecule has 4 heterocycles. The summed E-state index contributed by atoms with van der Waals surface area (Å²) < 4.78 is 29.2. The predicted molar refractivity (Wildman–Crippen MR) is 108 cm³/mol. The maximum atomic E-state index is 14.9. The van der Waals surface area contributed by atoms with Gasteiger partial charge < -0.3 is 4.90 Å². The third-order valence-electron chi connectivity index (χ3n) is 5.10. The Morgan fingerprint density at radius 2 is 2.07 bits per heavy atom. The van der Waals surface area contributed by atoms with Crippen molar-refractivity contribution in [2.75, 3.05) is 6.54 Å². The molecule has 152 valence electrons. The van der Waals surface area contributed by atoms with Gasteiger partial charge in [-0.1, -0.05) is 11.3 Å². The molecule has 1 aliphatic heterocycles. The highest BCUT2D eigenvalue weighted by atomic mass is 32.1. The molecule has 4 aromatic rings. The van der Waals surface area contributed by atoms with Crippen molar-refractivity contribution in [3.8, 4) is 21.8 Å². The molecule has 0 unspecified atom stereocenters. The van der Waals surface area contributed by atoms with E-state index in [1.54, 1.807) is 23.1 Å². The number of halogens is 2. The summed E-state index contributed by atoms with van der Waals surface area (Å²) in [6.07, 6.45) is 1.46. The van der Waals surface area contributed by atoms with Gasteiger partial charge in [-0.05, 0) is 31.5 Å². The molecule has 5 rings (SSSR count). The molecule has 30 heavy (non-hydrogen) atoms. The van der Waals surface area contributed by atoms with Gasteiger partial charge in [0.15, 0.2) is 17.2 Å². The molecule has 0 saturated carbocycles. The first-order chi connectivity index (χ1) is 14.5. The number of carbonyl (C=O) groups is 1. The lowest BCUT2D eigenvalue weighted by molar-refractivity contribution is -0.128. The number of hydrogen-bond acceptors (Lipinski definition) is 6. The number of H-pyrrole nitrogens is 1. The van der Waals surface area contributed by atoms with Gasteiger partial charge in [0, 0.05) is 18.5 Å². The standard InChI is InChI=1S/C20H16F2N6OS/c1-10-20(30-15(23-10)9-28-7-3-6-16(28)29)14-5-2-4-13(24-14)11-8-12(21)18-19(17(11)22)26-27-25-18/h2,4-5,8H,3,6-7,9H2,1H3,(H,25,26,27). The molecule has 1 fully saturated rings. The third-order valence-corrected chi connectivity index (χ3v) is 6.26. The zero-order chi connectivity index (χ0) is 20.8. The number of carbonyl (C=O) groups excluding carboxylic acids is 1. The van der Waals surface area contributed by atoms with Crippen molar-refractivity contribution in [1.82, 2.24) is 30.3 Å². The summed E-state index contributed by atoms with van der Waals surface area (Å²) in [6, 6.07) is 6.25. The highest BCUT2D eigenvalue weighted by molar-refractivity contribution is 7.15. The van der Waals surface area contributed by atoms with Gasteiger partial charge in [-0.15, -0.1) is 16.4 Å². The van der Waals surface area contributed by atoms with Crippen LogP contribution >= 0.6 is 11.3 Å². The summed E-state index contributed by atoms with van der Waals surface area (Å²) in [5.74, 6) is -1.19. The number of aromatic amines is 1. The Kier molecular flexibility index (Phi) is 4.50. The fraction of sp³-hybridized carbons (Fsp3) is 0.250. The molecule has 10 heteroatoms. The van der Waals surface area contributed by atoms with E-state index in [4.69, 9.17) is 0 Å². The van der Waals surface area contributed by atoms with Crippen LogP contribution in [-0.2, 0) is 11.3 Å². The first-order valence-electron chi connectivity index (χ1n) is 9.42. The van der Waals surface area contributed by atoms with Crippen molar-refractivity contribution in [3.05, 3.63) is 46.6 Å². The molecule has 1 N–H and O–H groups in total. The lowest BCUT2D eigenvalue weighted by Gasteiger charge is -2.12. The molecular formula is C20H16F2N6OS. The molecule has 7 nitrogen and oxygen atoms in total. The Balaban J connectivity index is 1.52. The van der Waals surface area contributed by atoms with Crippen molar-refractivity contribution in [3.63, 3.8) is 0 Å². The van der Waals surface area contributed by atoms with E-state index in [0.29, 0.717) is 24.4 Å². The van der Waals surface area contributed by atoms with Crippen molar-refractivity contribution in [1.29, 1.82) is 0 Å². The Labute approximate surface area is 173 Å². The van der Waals surface area contributed by atoms with E-state index in [1.807, 2.05) is 6.92 Å². The number of nitrogens with zero attached hydrogens (tertiary/aromatic N) is 5. The predicted octanol–water partition coefficient (Wildman–Crippen LogP) is 3.85. The third kappa shape index (κ3) is 3.13. The van der Waals surface area contributed by atoms with Crippen LogP contribution in [0.1, 0.15) is 23.5 Å². The minimum Gasteiger partial charge on any atom is -0.336 e.